The number of benzene rings is 2. The predicted molar refractivity (Wildman–Crippen MR) is 116 cm³/mol. The van der Waals surface area contributed by atoms with E-state index in [9.17, 15) is 14.4 Å². The van der Waals surface area contributed by atoms with Crippen LogP contribution in [0.25, 0.3) is 0 Å². The van der Waals surface area contributed by atoms with Gasteiger partial charge in [0.25, 0.3) is 5.91 Å². The number of carbonyl (C=O) groups is 3. The quantitative estimate of drug-likeness (QED) is 0.417. The number of thiazole rings is 1. The number of aromatic nitrogens is 1. The number of ketones is 1. The van der Waals surface area contributed by atoms with Crippen molar-refractivity contribution in [3.8, 4) is 0 Å². The minimum absolute atomic E-state index is 0.106. The molecule has 1 heterocycles. The fraction of sp³-hybridized carbons (Fsp3) is 0.182. The highest BCUT2D eigenvalue weighted by Gasteiger charge is 2.21. The fourth-order valence-corrected chi connectivity index (χ4v) is 3.24. The molecule has 0 aliphatic carbocycles. The second-order valence-electron chi connectivity index (χ2n) is 6.55. The molecule has 0 saturated carbocycles. The molecule has 0 aliphatic heterocycles. The third-order valence-electron chi connectivity index (χ3n) is 4.19. The van der Waals surface area contributed by atoms with Gasteiger partial charge in [-0.1, -0.05) is 42.5 Å². The van der Waals surface area contributed by atoms with Gasteiger partial charge in [-0.25, -0.2) is 9.78 Å². The number of amides is 1. The average molecular weight is 423 g/mol. The van der Waals surface area contributed by atoms with E-state index in [1.165, 1.54) is 25.2 Å². The van der Waals surface area contributed by atoms with Gasteiger partial charge in [0.15, 0.2) is 22.7 Å². The molecule has 0 radical (unpaired) electrons. The summed E-state index contributed by atoms with van der Waals surface area (Å²) in [4.78, 5) is 40.3. The molecule has 1 atom stereocenters. The predicted octanol–water partition coefficient (Wildman–Crippen LogP) is 4.14. The van der Waals surface area contributed by atoms with E-state index in [0.717, 1.165) is 5.56 Å². The van der Waals surface area contributed by atoms with E-state index in [4.69, 9.17) is 4.74 Å². The summed E-state index contributed by atoms with van der Waals surface area (Å²) in [5, 5.41) is 7.96. The molecule has 2 N–H and O–H groups in total. The van der Waals surface area contributed by atoms with Crippen LogP contribution in [0.15, 0.2) is 60.0 Å². The summed E-state index contributed by atoms with van der Waals surface area (Å²) in [6.45, 7) is 3.51. The van der Waals surface area contributed by atoms with Crippen molar-refractivity contribution < 1.29 is 19.1 Å². The summed E-state index contributed by atoms with van der Waals surface area (Å²) in [6, 6.07) is 16.4. The number of hydrogen-bond acceptors (Lipinski definition) is 7. The molecule has 1 amide bonds. The van der Waals surface area contributed by atoms with Gasteiger partial charge < -0.3 is 15.4 Å². The number of esters is 1. The van der Waals surface area contributed by atoms with Crippen molar-refractivity contribution in [3.05, 3.63) is 76.8 Å². The van der Waals surface area contributed by atoms with Crippen LogP contribution in [0, 0.1) is 0 Å². The summed E-state index contributed by atoms with van der Waals surface area (Å²) in [5.41, 5.74) is 2.16. The Labute approximate surface area is 178 Å². The Balaban J connectivity index is 1.53. The maximum absolute atomic E-state index is 12.3. The molecule has 154 valence electrons. The van der Waals surface area contributed by atoms with E-state index < -0.39 is 18.0 Å². The van der Waals surface area contributed by atoms with Crippen LogP contribution in [-0.4, -0.2) is 28.7 Å². The fourth-order valence-electron chi connectivity index (χ4n) is 2.56. The summed E-state index contributed by atoms with van der Waals surface area (Å²) in [6.07, 6.45) is -1.03. The molecule has 0 saturated heterocycles. The zero-order valence-electron chi connectivity index (χ0n) is 16.5. The number of hydrogen-bond donors (Lipinski definition) is 2. The SMILES string of the molecule is CC(=O)c1cccc(NC(=O)C(C)OC(=O)c2csc(NCc3ccccc3)n2)c1. The van der Waals surface area contributed by atoms with Gasteiger partial charge in [0.1, 0.15) is 0 Å². The molecule has 0 aliphatic rings. The third-order valence-corrected chi connectivity index (χ3v) is 4.99. The van der Waals surface area contributed by atoms with Crippen LogP contribution in [0.2, 0.25) is 0 Å². The van der Waals surface area contributed by atoms with E-state index in [2.05, 4.69) is 15.6 Å². The topological polar surface area (TPSA) is 97.4 Å². The van der Waals surface area contributed by atoms with Crippen LogP contribution >= 0.6 is 11.3 Å². The van der Waals surface area contributed by atoms with Crippen molar-refractivity contribution in [1.29, 1.82) is 0 Å². The minimum Gasteiger partial charge on any atom is -0.448 e. The summed E-state index contributed by atoms with van der Waals surface area (Å²) < 4.78 is 5.22. The Kier molecular flexibility index (Phi) is 6.92. The summed E-state index contributed by atoms with van der Waals surface area (Å²) >= 11 is 1.28. The second kappa shape index (κ2) is 9.80. The highest BCUT2D eigenvalue weighted by Crippen LogP contribution is 2.18. The van der Waals surface area contributed by atoms with Crippen LogP contribution in [0.5, 0.6) is 0 Å². The maximum atomic E-state index is 12.3. The lowest BCUT2D eigenvalue weighted by atomic mass is 10.1. The Morgan fingerprint density at radius 2 is 1.87 bits per heavy atom. The number of anilines is 2. The zero-order valence-corrected chi connectivity index (χ0v) is 17.4. The average Bonchev–Trinajstić information content (AvgIpc) is 3.22. The maximum Gasteiger partial charge on any atom is 0.358 e. The van der Waals surface area contributed by atoms with Crippen molar-refractivity contribution in [2.45, 2.75) is 26.5 Å². The number of nitrogens with zero attached hydrogens (tertiary/aromatic N) is 1. The lowest BCUT2D eigenvalue weighted by Crippen LogP contribution is -2.30. The Morgan fingerprint density at radius 1 is 1.10 bits per heavy atom. The first-order chi connectivity index (χ1) is 14.4. The smallest absolute Gasteiger partial charge is 0.358 e. The van der Waals surface area contributed by atoms with Crippen LogP contribution in [0.3, 0.4) is 0 Å². The largest absolute Gasteiger partial charge is 0.448 e. The van der Waals surface area contributed by atoms with Crippen LogP contribution in [-0.2, 0) is 16.1 Å². The van der Waals surface area contributed by atoms with Gasteiger partial charge in [-0.05, 0) is 31.5 Å². The second-order valence-corrected chi connectivity index (χ2v) is 7.41. The van der Waals surface area contributed by atoms with Crippen LogP contribution in [0.4, 0.5) is 10.8 Å². The monoisotopic (exact) mass is 423 g/mol. The van der Waals surface area contributed by atoms with E-state index >= 15 is 0 Å². The lowest BCUT2D eigenvalue weighted by molar-refractivity contribution is -0.123. The molecule has 3 rings (SSSR count). The normalized spacial score (nSPS) is 11.4. The van der Waals surface area contributed by atoms with Gasteiger partial charge >= 0.3 is 5.97 Å². The molecular weight excluding hydrogens is 402 g/mol. The molecule has 1 unspecified atom stereocenters. The van der Waals surface area contributed by atoms with Crippen LogP contribution in [0.1, 0.15) is 40.3 Å². The minimum atomic E-state index is -1.03. The highest BCUT2D eigenvalue weighted by molar-refractivity contribution is 7.13. The van der Waals surface area contributed by atoms with Crippen molar-refractivity contribution >= 4 is 39.8 Å². The number of ether oxygens (including phenoxy) is 1. The molecule has 2 aromatic carbocycles. The van der Waals surface area contributed by atoms with Crippen molar-refractivity contribution in [2.75, 3.05) is 10.6 Å². The summed E-state index contributed by atoms with van der Waals surface area (Å²) in [7, 11) is 0. The van der Waals surface area contributed by atoms with Gasteiger partial charge in [-0.15, -0.1) is 11.3 Å². The van der Waals surface area contributed by atoms with E-state index in [0.29, 0.717) is 22.9 Å². The molecule has 1 aromatic heterocycles. The number of carbonyl (C=O) groups excluding carboxylic acids is 3. The number of rotatable bonds is 8. The van der Waals surface area contributed by atoms with Crippen molar-refractivity contribution in [1.82, 2.24) is 4.98 Å². The lowest BCUT2D eigenvalue weighted by Gasteiger charge is -2.13. The molecule has 0 fully saturated rings. The standard InChI is InChI=1S/C22H21N3O4S/c1-14(26)17-9-6-10-18(11-17)24-20(27)15(2)29-21(28)19-13-30-22(25-19)23-12-16-7-4-3-5-8-16/h3-11,13,15H,12H2,1-2H3,(H,23,25)(H,24,27). The molecule has 30 heavy (non-hydrogen) atoms. The molecule has 3 aromatic rings. The van der Waals surface area contributed by atoms with E-state index in [-0.39, 0.29) is 11.5 Å². The number of Topliss-reactive ketones (excluding diaryl/α,β-unsaturated/α-hetero) is 1. The van der Waals surface area contributed by atoms with Crippen molar-refractivity contribution in [2.24, 2.45) is 0 Å². The molecule has 7 nitrogen and oxygen atoms in total. The molecule has 8 heteroatoms. The van der Waals surface area contributed by atoms with Crippen LogP contribution < -0.4 is 10.6 Å². The van der Waals surface area contributed by atoms with Crippen molar-refractivity contribution in [3.63, 3.8) is 0 Å². The third kappa shape index (κ3) is 5.74. The van der Waals surface area contributed by atoms with Gasteiger partial charge in [0.05, 0.1) is 0 Å². The van der Waals surface area contributed by atoms with Gasteiger partial charge in [-0.2, -0.15) is 0 Å². The first kappa shape index (κ1) is 21.2. The Hall–Kier alpha value is -3.52. The molecular formula is C22H21N3O4S. The van der Waals surface area contributed by atoms with E-state index in [1.807, 2.05) is 30.3 Å². The van der Waals surface area contributed by atoms with E-state index in [1.54, 1.807) is 29.6 Å². The first-order valence-corrected chi connectivity index (χ1v) is 10.2. The summed E-state index contributed by atoms with van der Waals surface area (Å²) in [5.74, 6) is -1.29. The molecule has 0 bridgehead atoms. The Morgan fingerprint density at radius 3 is 2.60 bits per heavy atom. The van der Waals surface area contributed by atoms with Gasteiger partial charge in [0, 0.05) is 23.2 Å². The van der Waals surface area contributed by atoms with Gasteiger partial charge in [0.2, 0.25) is 0 Å². The molecule has 0 spiro atoms. The van der Waals surface area contributed by atoms with Gasteiger partial charge in [-0.3, -0.25) is 9.59 Å². The Bertz CT molecular complexity index is 1050. The first-order valence-electron chi connectivity index (χ1n) is 9.28. The zero-order chi connectivity index (χ0) is 21.5. The highest BCUT2D eigenvalue weighted by atomic mass is 32.1. The number of nitrogens with one attached hydrogen (secondary N) is 2.